The van der Waals surface area contributed by atoms with Crippen molar-refractivity contribution < 1.29 is 17.6 Å². The van der Waals surface area contributed by atoms with Gasteiger partial charge in [0.15, 0.2) is 0 Å². The quantitative estimate of drug-likeness (QED) is 0.831. The van der Waals surface area contributed by atoms with Crippen molar-refractivity contribution in [2.45, 2.75) is 19.9 Å². The molecule has 106 valence electrons. The van der Waals surface area contributed by atoms with Crippen LogP contribution in [0.1, 0.15) is 28.3 Å². The van der Waals surface area contributed by atoms with Gasteiger partial charge in [0, 0.05) is 17.2 Å². The van der Waals surface area contributed by atoms with E-state index in [-0.39, 0.29) is 22.3 Å². The third kappa shape index (κ3) is 2.54. The molecule has 2 aromatic rings. The number of rotatable bonds is 2. The molecular weight excluding hydrogens is 270 g/mol. The van der Waals surface area contributed by atoms with Crippen molar-refractivity contribution >= 4 is 0 Å². The summed E-state index contributed by atoms with van der Waals surface area (Å²) in [5, 5.41) is 0. The Kier molecular flexibility index (Phi) is 3.81. The Morgan fingerprint density at radius 1 is 0.700 bits per heavy atom. The molecule has 0 saturated heterocycles. The molecule has 0 radical (unpaired) electrons. The molecule has 1 nitrogen and oxygen atoms in total. The maximum Gasteiger partial charge on any atom is 0.131 e. The number of hydrogen-bond donors (Lipinski definition) is 1. The highest BCUT2D eigenvalue weighted by atomic mass is 19.1. The van der Waals surface area contributed by atoms with E-state index in [1.165, 1.54) is 19.9 Å². The van der Waals surface area contributed by atoms with Gasteiger partial charge in [-0.25, -0.2) is 17.6 Å². The van der Waals surface area contributed by atoms with E-state index in [1.807, 2.05) is 0 Å². The molecule has 2 rings (SSSR count). The van der Waals surface area contributed by atoms with E-state index in [0.29, 0.717) is 6.07 Å². The monoisotopic (exact) mass is 283 g/mol. The Morgan fingerprint density at radius 2 is 1.15 bits per heavy atom. The van der Waals surface area contributed by atoms with Gasteiger partial charge < -0.3 is 5.73 Å². The summed E-state index contributed by atoms with van der Waals surface area (Å²) >= 11 is 0. The lowest BCUT2D eigenvalue weighted by atomic mass is 9.96. The Bertz CT molecular complexity index is 610. The number of hydrogen-bond acceptors (Lipinski definition) is 1. The average molecular weight is 283 g/mol. The van der Waals surface area contributed by atoms with Crippen LogP contribution in [0.15, 0.2) is 24.3 Å². The van der Waals surface area contributed by atoms with Crippen molar-refractivity contribution in [1.82, 2.24) is 0 Å². The second kappa shape index (κ2) is 5.25. The molecule has 0 aliphatic heterocycles. The van der Waals surface area contributed by atoms with Crippen LogP contribution < -0.4 is 5.73 Å². The summed E-state index contributed by atoms with van der Waals surface area (Å²) < 4.78 is 54.3. The zero-order chi connectivity index (χ0) is 15.0. The molecule has 0 saturated carbocycles. The first-order chi connectivity index (χ1) is 9.31. The SMILES string of the molecule is Cc1cc(C(N)c2cc(F)c(C)cc2F)c(F)cc1F. The number of halogens is 4. The smallest absolute Gasteiger partial charge is 0.131 e. The van der Waals surface area contributed by atoms with Gasteiger partial charge in [-0.2, -0.15) is 0 Å². The van der Waals surface area contributed by atoms with E-state index in [9.17, 15) is 17.6 Å². The van der Waals surface area contributed by atoms with Gasteiger partial charge in [-0.15, -0.1) is 0 Å². The molecule has 0 heterocycles. The van der Waals surface area contributed by atoms with Gasteiger partial charge in [-0.05, 0) is 43.2 Å². The molecule has 0 aromatic heterocycles. The van der Waals surface area contributed by atoms with E-state index in [1.54, 1.807) is 0 Å². The molecule has 2 N–H and O–H groups in total. The van der Waals surface area contributed by atoms with E-state index >= 15 is 0 Å². The van der Waals surface area contributed by atoms with Gasteiger partial charge in [0.05, 0.1) is 6.04 Å². The largest absolute Gasteiger partial charge is 0.320 e. The molecule has 1 unspecified atom stereocenters. The Morgan fingerprint density at radius 3 is 1.80 bits per heavy atom. The lowest BCUT2D eigenvalue weighted by Gasteiger charge is -2.16. The van der Waals surface area contributed by atoms with Crippen molar-refractivity contribution in [2.75, 3.05) is 0 Å². The predicted octanol–water partition coefficient (Wildman–Crippen LogP) is 3.91. The maximum atomic E-state index is 13.8. The Balaban J connectivity index is 2.54. The fourth-order valence-electron chi connectivity index (χ4n) is 1.99. The number of benzene rings is 2. The summed E-state index contributed by atoms with van der Waals surface area (Å²) in [6.07, 6.45) is 0. The first kappa shape index (κ1) is 14.5. The lowest BCUT2D eigenvalue weighted by Crippen LogP contribution is -2.16. The van der Waals surface area contributed by atoms with E-state index < -0.39 is 29.3 Å². The van der Waals surface area contributed by atoms with Crippen molar-refractivity contribution in [3.8, 4) is 0 Å². The van der Waals surface area contributed by atoms with E-state index in [0.717, 1.165) is 12.1 Å². The predicted molar refractivity (Wildman–Crippen MR) is 68.2 cm³/mol. The molecule has 0 spiro atoms. The molecule has 0 bridgehead atoms. The lowest BCUT2D eigenvalue weighted by molar-refractivity contribution is 0.546. The molecule has 1 atom stereocenters. The second-order valence-corrected chi connectivity index (χ2v) is 4.72. The van der Waals surface area contributed by atoms with Crippen LogP contribution >= 0.6 is 0 Å². The molecule has 2 aromatic carbocycles. The molecule has 0 amide bonds. The number of nitrogens with two attached hydrogens (primary N) is 1. The van der Waals surface area contributed by atoms with Crippen LogP contribution in [0.2, 0.25) is 0 Å². The summed E-state index contributed by atoms with van der Waals surface area (Å²) in [6.45, 7) is 2.85. The maximum absolute atomic E-state index is 13.8. The second-order valence-electron chi connectivity index (χ2n) is 4.72. The van der Waals surface area contributed by atoms with Gasteiger partial charge in [-0.3, -0.25) is 0 Å². The van der Waals surface area contributed by atoms with Gasteiger partial charge in [-0.1, -0.05) is 0 Å². The highest BCUT2D eigenvalue weighted by Crippen LogP contribution is 2.27. The highest BCUT2D eigenvalue weighted by molar-refractivity contribution is 5.37. The minimum absolute atomic E-state index is 0.0777. The Labute approximate surface area is 114 Å². The molecule has 5 heteroatoms. The number of aryl methyl sites for hydroxylation is 2. The molecule has 20 heavy (non-hydrogen) atoms. The van der Waals surface area contributed by atoms with Crippen molar-refractivity contribution in [2.24, 2.45) is 5.73 Å². The van der Waals surface area contributed by atoms with Gasteiger partial charge in [0.1, 0.15) is 23.3 Å². The summed E-state index contributed by atoms with van der Waals surface area (Å²) in [6, 6.07) is 2.62. The van der Waals surface area contributed by atoms with Crippen LogP contribution in [0.5, 0.6) is 0 Å². The van der Waals surface area contributed by atoms with Crippen LogP contribution in [0, 0.1) is 37.1 Å². The Hall–Kier alpha value is -1.88. The third-order valence-corrected chi connectivity index (χ3v) is 3.23. The standard InChI is InChI=1S/C15H13F4N/c1-7-3-9(14(19)6-12(7)17)15(20)10-5-11(16)8(2)4-13(10)18/h3-6,15H,20H2,1-2H3. The summed E-state index contributed by atoms with van der Waals surface area (Å²) in [4.78, 5) is 0. The third-order valence-electron chi connectivity index (χ3n) is 3.23. The normalized spacial score (nSPS) is 12.6. The molecular formula is C15H13F4N. The molecule has 0 fully saturated rings. The first-order valence-corrected chi connectivity index (χ1v) is 5.98. The fraction of sp³-hybridized carbons (Fsp3) is 0.200. The zero-order valence-electron chi connectivity index (χ0n) is 11.0. The van der Waals surface area contributed by atoms with Gasteiger partial charge in [0.25, 0.3) is 0 Å². The van der Waals surface area contributed by atoms with E-state index in [4.69, 9.17) is 5.73 Å². The van der Waals surface area contributed by atoms with Gasteiger partial charge in [0.2, 0.25) is 0 Å². The van der Waals surface area contributed by atoms with Crippen molar-refractivity contribution in [3.05, 3.63) is 69.8 Å². The minimum atomic E-state index is -1.20. The molecule has 0 aliphatic rings. The van der Waals surface area contributed by atoms with Crippen molar-refractivity contribution in [3.63, 3.8) is 0 Å². The van der Waals surface area contributed by atoms with Crippen LogP contribution in [-0.2, 0) is 0 Å². The highest BCUT2D eigenvalue weighted by Gasteiger charge is 2.20. The van der Waals surface area contributed by atoms with Crippen LogP contribution in [0.25, 0.3) is 0 Å². The average Bonchev–Trinajstić information content (AvgIpc) is 2.37. The van der Waals surface area contributed by atoms with Gasteiger partial charge >= 0.3 is 0 Å². The molecule has 0 aliphatic carbocycles. The van der Waals surface area contributed by atoms with Crippen LogP contribution in [-0.4, -0.2) is 0 Å². The first-order valence-electron chi connectivity index (χ1n) is 5.98. The van der Waals surface area contributed by atoms with Crippen LogP contribution in [0.3, 0.4) is 0 Å². The minimum Gasteiger partial charge on any atom is -0.320 e. The summed E-state index contributed by atoms with van der Waals surface area (Å²) in [7, 11) is 0. The zero-order valence-corrected chi connectivity index (χ0v) is 11.0. The summed E-state index contributed by atoms with van der Waals surface area (Å²) in [5.74, 6) is -2.95. The van der Waals surface area contributed by atoms with Crippen LogP contribution in [0.4, 0.5) is 17.6 Å². The summed E-state index contributed by atoms with van der Waals surface area (Å²) in [5.41, 5.74) is 5.86. The fourth-order valence-corrected chi connectivity index (χ4v) is 1.99. The topological polar surface area (TPSA) is 26.0 Å². The van der Waals surface area contributed by atoms with Crippen molar-refractivity contribution in [1.29, 1.82) is 0 Å². The van der Waals surface area contributed by atoms with E-state index in [2.05, 4.69) is 0 Å².